The molecule has 35 heavy (non-hydrogen) atoms. The first-order valence-electron chi connectivity index (χ1n) is 10.5. The minimum Gasteiger partial charge on any atom is -0.496 e. The molecular formula is C24H19N7O4. The number of rotatable bonds is 7. The maximum Gasteiger partial charge on any atom is 0.409 e. The highest BCUT2D eigenvalue weighted by atomic mass is 16.5. The number of carboxylic acid groups (broad SMARTS) is 1. The summed E-state index contributed by atoms with van der Waals surface area (Å²) in [6.07, 6.45) is 0.501. The lowest BCUT2D eigenvalue weighted by Crippen LogP contribution is -2.07. The van der Waals surface area contributed by atoms with Crippen LogP contribution in [0.15, 0.2) is 72.9 Å². The van der Waals surface area contributed by atoms with Crippen LogP contribution in [-0.2, 0) is 0 Å². The van der Waals surface area contributed by atoms with E-state index in [1.165, 1.54) is 0 Å². The van der Waals surface area contributed by atoms with Crippen molar-refractivity contribution in [1.29, 1.82) is 0 Å². The molecule has 11 nitrogen and oxygen atoms in total. The molecule has 0 aliphatic carbocycles. The topological polar surface area (TPSA) is 147 Å². The lowest BCUT2D eigenvalue weighted by molar-refractivity contribution is 0.210. The molecule has 2 aromatic heterocycles. The number of nitrogens with one attached hydrogen (secondary N) is 3. The third-order valence-electron chi connectivity index (χ3n) is 5.15. The molecular weight excluding hydrogens is 450 g/mol. The first kappa shape index (κ1) is 21.6. The number of anilines is 3. The molecule has 0 atom stereocenters. The van der Waals surface area contributed by atoms with Crippen molar-refractivity contribution in [1.82, 2.24) is 25.6 Å². The van der Waals surface area contributed by atoms with E-state index in [0.29, 0.717) is 40.1 Å². The summed E-state index contributed by atoms with van der Waals surface area (Å²) < 4.78 is 11.6. The van der Waals surface area contributed by atoms with Crippen LogP contribution < -0.4 is 20.1 Å². The molecule has 174 valence electrons. The predicted octanol–water partition coefficient (Wildman–Crippen LogP) is 5.05. The Balaban J connectivity index is 1.40. The number of pyridine rings is 1. The predicted molar refractivity (Wildman–Crippen MR) is 129 cm³/mol. The number of amides is 1. The van der Waals surface area contributed by atoms with E-state index in [1.807, 2.05) is 42.5 Å². The maximum atomic E-state index is 11.1. The quantitative estimate of drug-likeness (QED) is 0.257. The van der Waals surface area contributed by atoms with Crippen LogP contribution in [0.1, 0.15) is 0 Å². The van der Waals surface area contributed by atoms with Crippen LogP contribution in [0.25, 0.3) is 22.2 Å². The van der Waals surface area contributed by atoms with Crippen molar-refractivity contribution in [3.63, 3.8) is 0 Å². The van der Waals surface area contributed by atoms with Crippen molar-refractivity contribution in [2.24, 2.45) is 0 Å². The summed E-state index contributed by atoms with van der Waals surface area (Å²) in [6.45, 7) is 0. The Kier molecular flexibility index (Phi) is 5.78. The van der Waals surface area contributed by atoms with Crippen LogP contribution in [0.5, 0.6) is 17.2 Å². The molecule has 4 N–H and O–H groups in total. The van der Waals surface area contributed by atoms with Gasteiger partial charge in [-0.3, -0.25) is 5.32 Å². The van der Waals surface area contributed by atoms with Crippen molar-refractivity contribution >= 4 is 34.1 Å². The number of ether oxygens (including phenoxy) is 2. The van der Waals surface area contributed by atoms with Gasteiger partial charge in [0.25, 0.3) is 0 Å². The normalized spacial score (nSPS) is 10.7. The van der Waals surface area contributed by atoms with Crippen molar-refractivity contribution in [3.05, 3.63) is 72.9 Å². The van der Waals surface area contributed by atoms with Gasteiger partial charge in [0.15, 0.2) is 0 Å². The second-order valence-corrected chi connectivity index (χ2v) is 7.34. The first-order chi connectivity index (χ1) is 17.1. The number of tetrazole rings is 1. The molecule has 0 aliphatic heterocycles. The third-order valence-corrected chi connectivity index (χ3v) is 5.15. The van der Waals surface area contributed by atoms with Crippen LogP contribution in [-0.4, -0.2) is 43.9 Å². The molecule has 0 saturated heterocycles. The van der Waals surface area contributed by atoms with E-state index in [9.17, 15) is 4.79 Å². The Bertz CT molecular complexity index is 1510. The van der Waals surface area contributed by atoms with E-state index in [2.05, 4.69) is 36.2 Å². The van der Waals surface area contributed by atoms with Crippen LogP contribution >= 0.6 is 0 Å². The third kappa shape index (κ3) is 4.64. The van der Waals surface area contributed by atoms with Gasteiger partial charge < -0.3 is 19.9 Å². The fourth-order valence-corrected chi connectivity index (χ4v) is 3.63. The number of hydrogen-bond acceptors (Lipinski definition) is 8. The Labute approximate surface area is 198 Å². The highest BCUT2D eigenvalue weighted by molar-refractivity contribution is 6.02. The fraction of sp³-hybridized carbons (Fsp3) is 0.0417. The van der Waals surface area contributed by atoms with E-state index < -0.39 is 6.09 Å². The summed E-state index contributed by atoms with van der Waals surface area (Å²) in [4.78, 5) is 15.5. The zero-order valence-corrected chi connectivity index (χ0v) is 18.4. The van der Waals surface area contributed by atoms with Crippen LogP contribution in [0, 0.1) is 0 Å². The Morgan fingerprint density at radius 3 is 2.63 bits per heavy atom. The monoisotopic (exact) mass is 469 g/mol. The van der Waals surface area contributed by atoms with Gasteiger partial charge in [-0.05, 0) is 35.5 Å². The summed E-state index contributed by atoms with van der Waals surface area (Å²) in [5.41, 5.74) is 1.92. The number of aromatic amines is 1. The molecule has 2 heterocycles. The van der Waals surface area contributed by atoms with Gasteiger partial charge in [0, 0.05) is 34.8 Å². The summed E-state index contributed by atoms with van der Waals surface area (Å²) in [6, 6.07) is 19.8. The van der Waals surface area contributed by atoms with E-state index in [0.717, 1.165) is 16.5 Å². The van der Waals surface area contributed by atoms with Gasteiger partial charge in [0.2, 0.25) is 5.82 Å². The Morgan fingerprint density at radius 1 is 1.00 bits per heavy atom. The molecule has 0 bridgehead atoms. The zero-order valence-electron chi connectivity index (χ0n) is 18.4. The molecule has 0 spiro atoms. The minimum atomic E-state index is -1.13. The van der Waals surface area contributed by atoms with Crippen molar-refractivity contribution < 1.29 is 19.4 Å². The van der Waals surface area contributed by atoms with Gasteiger partial charge in [0.05, 0.1) is 18.4 Å². The van der Waals surface area contributed by atoms with Gasteiger partial charge in [-0.15, -0.1) is 10.2 Å². The number of nitrogens with zero attached hydrogens (tertiary/aromatic N) is 4. The molecule has 0 radical (unpaired) electrons. The Morgan fingerprint density at radius 2 is 1.86 bits per heavy atom. The van der Waals surface area contributed by atoms with E-state index in [4.69, 9.17) is 14.6 Å². The highest BCUT2D eigenvalue weighted by Gasteiger charge is 2.13. The summed E-state index contributed by atoms with van der Waals surface area (Å²) in [7, 11) is 1.57. The first-order valence-corrected chi connectivity index (χ1v) is 10.5. The number of carbonyl (C=O) groups is 1. The van der Waals surface area contributed by atoms with E-state index in [1.54, 1.807) is 37.6 Å². The molecule has 0 aliphatic rings. The van der Waals surface area contributed by atoms with E-state index >= 15 is 0 Å². The molecule has 0 saturated carbocycles. The zero-order chi connectivity index (χ0) is 24.2. The number of H-pyrrole nitrogens is 1. The van der Waals surface area contributed by atoms with Crippen molar-refractivity contribution in [2.45, 2.75) is 0 Å². The van der Waals surface area contributed by atoms with Crippen molar-refractivity contribution in [3.8, 4) is 28.6 Å². The number of hydrogen-bond donors (Lipinski definition) is 4. The van der Waals surface area contributed by atoms with Crippen LogP contribution in [0.4, 0.5) is 22.0 Å². The largest absolute Gasteiger partial charge is 0.496 e. The van der Waals surface area contributed by atoms with E-state index in [-0.39, 0.29) is 0 Å². The number of methoxy groups -OCH3 is 1. The second-order valence-electron chi connectivity index (χ2n) is 7.34. The molecule has 5 rings (SSSR count). The molecule has 0 unspecified atom stereocenters. The molecule has 1 amide bonds. The second kappa shape index (κ2) is 9.35. The number of fused-ring (bicyclic) bond motifs is 1. The van der Waals surface area contributed by atoms with Gasteiger partial charge >= 0.3 is 6.09 Å². The molecule has 3 aromatic carbocycles. The summed E-state index contributed by atoms with van der Waals surface area (Å²) in [5, 5.41) is 30.2. The standard InChI is InChI=1S/C24H19N7O4/c1-34-21-12-14(6-7-18(21)23-28-30-31-29-23)26-22-13-15(10-11-25-22)35-20-9-8-19(27-24(32)33)16-4-2-3-5-17(16)20/h2-13,27H,1H3,(H,25,26)(H,32,33)(H,28,29,30,31). The maximum absolute atomic E-state index is 11.1. The lowest BCUT2D eigenvalue weighted by Gasteiger charge is -2.13. The molecule has 11 heteroatoms. The van der Waals surface area contributed by atoms with Crippen molar-refractivity contribution in [2.75, 3.05) is 17.7 Å². The average molecular weight is 469 g/mol. The number of benzene rings is 3. The van der Waals surface area contributed by atoms with Gasteiger partial charge in [-0.2, -0.15) is 5.21 Å². The van der Waals surface area contributed by atoms with Gasteiger partial charge in [-0.1, -0.05) is 24.3 Å². The molecule has 0 fully saturated rings. The summed E-state index contributed by atoms with van der Waals surface area (Å²) in [5.74, 6) is 2.70. The van der Waals surface area contributed by atoms with Gasteiger partial charge in [0.1, 0.15) is 23.1 Å². The van der Waals surface area contributed by atoms with Gasteiger partial charge in [-0.25, -0.2) is 9.78 Å². The van der Waals surface area contributed by atoms with Crippen LogP contribution in [0.3, 0.4) is 0 Å². The lowest BCUT2D eigenvalue weighted by atomic mass is 10.1. The Hall–Kier alpha value is -5.19. The fourth-order valence-electron chi connectivity index (χ4n) is 3.63. The van der Waals surface area contributed by atoms with Crippen LogP contribution in [0.2, 0.25) is 0 Å². The smallest absolute Gasteiger partial charge is 0.409 e. The minimum absolute atomic E-state index is 0.429. The molecule has 5 aromatic rings. The number of aromatic nitrogens is 5. The highest BCUT2D eigenvalue weighted by Crippen LogP contribution is 2.35. The average Bonchev–Trinajstić information content (AvgIpc) is 3.40. The summed E-state index contributed by atoms with van der Waals surface area (Å²) >= 11 is 0. The SMILES string of the molecule is COc1cc(Nc2cc(Oc3ccc(NC(=O)O)c4ccccc34)ccn2)ccc1-c1nn[nH]n1.